The second-order valence-electron chi connectivity index (χ2n) is 4.76. The van der Waals surface area contributed by atoms with Gasteiger partial charge in [-0.1, -0.05) is 18.2 Å². The van der Waals surface area contributed by atoms with Gasteiger partial charge in [-0.2, -0.15) is 9.37 Å². The standard InChI is InChI=1S/C13H16N2O4S/c14-13(16)15-11(6-3-4-8-20(17,18)19)9-10-5-1-2-7-12(10)15/h1-2,5,7H,3-4,6,8-9H2,(H2-,14,16,17,18,19). The SMILES string of the molecule is NC(=O)[N+]1=C(CCCCS(=O)(=O)[O-])Cc2ccccc21. The minimum Gasteiger partial charge on any atom is -0.748 e. The van der Waals surface area contributed by atoms with Crippen LogP contribution in [0.3, 0.4) is 0 Å². The van der Waals surface area contributed by atoms with Gasteiger partial charge in [-0.25, -0.2) is 8.42 Å². The third-order valence-electron chi connectivity index (χ3n) is 3.27. The van der Waals surface area contributed by atoms with Crippen molar-refractivity contribution in [1.29, 1.82) is 0 Å². The van der Waals surface area contributed by atoms with E-state index in [9.17, 15) is 17.8 Å². The highest BCUT2D eigenvalue weighted by Gasteiger charge is 2.28. The quantitative estimate of drug-likeness (QED) is 0.499. The summed E-state index contributed by atoms with van der Waals surface area (Å²) < 4.78 is 33.1. The van der Waals surface area contributed by atoms with Crippen molar-refractivity contribution < 1.29 is 22.3 Å². The second kappa shape index (κ2) is 5.72. The van der Waals surface area contributed by atoms with Gasteiger partial charge in [-0.05, 0) is 18.9 Å². The predicted octanol–water partition coefficient (Wildman–Crippen LogP) is 1.12. The number of rotatable bonds is 5. The van der Waals surface area contributed by atoms with Crippen molar-refractivity contribution in [1.82, 2.24) is 0 Å². The minimum absolute atomic E-state index is 0.290. The summed E-state index contributed by atoms with van der Waals surface area (Å²) in [5, 5.41) is 0. The lowest BCUT2D eigenvalue weighted by molar-refractivity contribution is -0.328. The van der Waals surface area contributed by atoms with E-state index in [4.69, 9.17) is 5.73 Å². The zero-order valence-electron chi connectivity index (χ0n) is 10.9. The summed E-state index contributed by atoms with van der Waals surface area (Å²) in [7, 11) is -4.17. The van der Waals surface area contributed by atoms with Crippen molar-refractivity contribution in [2.75, 3.05) is 5.75 Å². The molecule has 0 aliphatic carbocycles. The maximum atomic E-state index is 11.5. The monoisotopic (exact) mass is 296 g/mol. The Balaban J connectivity index is 2.07. The van der Waals surface area contributed by atoms with Crippen LogP contribution in [0.2, 0.25) is 0 Å². The number of amides is 2. The highest BCUT2D eigenvalue weighted by Crippen LogP contribution is 2.27. The largest absolute Gasteiger partial charge is 0.748 e. The van der Waals surface area contributed by atoms with E-state index in [1.165, 1.54) is 4.58 Å². The van der Waals surface area contributed by atoms with E-state index >= 15 is 0 Å². The van der Waals surface area contributed by atoms with Crippen LogP contribution >= 0.6 is 0 Å². The molecule has 1 heterocycles. The molecule has 0 radical (unpaired) electrons. The first-order valence-corrected chi connectivity index (χ1v) is 7.92. The van der Waals surface area contributed by atoms with Crippen LogP contribution in [0.25, 0.3) is 0 Å². The van der Waals surface area contributed by atoms with Crippen molar-refractivity contribution in [3.63, 3.8) is 0 Å². The summed E-state index contributed by atoms with van der Waals surface area (Å²) in [6.45, 7) is 0. The van der Waals surface area contributed by atoms with E-state index in [0.717, 1.165) is 17.0 Å². The summed E-state index contributed by atoms with van der Waals surface area (Å²) in [4.78, 5) is 11.5. The molecule has 0 saturated heterocycles. The summed E-state index contributed by atoms with van der Waals surface area (Å²) in [5.74, 6) is -0.371. The molecule has 1 aromatic carbocycles. The van der Waals surface area contributed by atoms with Gasteiger partial charge < -0.3 is 4.55 Å². The number of hydrogen-bond donors (Lipinski definition) is 1. The van der Waals surface area contributed by atoms with E-state index in [-0.39, 0.29) is 12.2 Å². The van der Waals surface area contributed by atoms with Crippen molar-refractivity contribution >= 4 is 27.5 Å². The molecule has 2 amide bonds. The van der Waals surface area contributed by atoms with Crippen LogP contribution in [0.5, 0.6) is 0 Å². The Hall–Kier alpha value is -1.73. The number of unbranched alkanes of at least 4 members (excludes halogenated alkanes) is 1. The number of benzene rings is 1. The van der Waals surface area contributed by atoms with E-state index < -0.39 is 16.1 Å². The van der Waals surface area contributed by atoms with Crippen LogP contribution < -0.4 is 5.73 Å². The van der Waals surface area contributed by atoms with Crippen LogP contribution in [0, 0.1) is 0 Å². The van der Waals surface area contributed by atoms with Gasteiger partial charge in [0, 0.05) is 24.2 Å². The highest BCUT2D eigenvalue weighted by atomic mass is 32.2. The minimum atomic E-state index is -4.17. The molecular formula is C13H16N2O4S. The first-order valence-electron chi connectivity index (χ1n) is 6.34. The molecule has 1 aromatic rings. The van der Waals surface area contributed by atoms with Gasteiger partial charge in [0.05, 0.1) is 15.8 Å². The molecule has 7 heteroatoms. The number of carbonyl (C=O) groups is 1. The van der Waals surface area contributed by atoms with E-state index in [1.807, 2.05) is 24.3 Å². The average molecular weight is 296 g/mol. The Morgan fingerprint density at radius 1 is 1.30 bits per heavy atom. The first-order chi connectivity index (χ1) is 9.38. The number of para-hydroxylation sites is 1. The fourth-order valence-electron chi connectivity index (χ4n) is 2.43. The highest BCUT2D eigenvalue weighted by molar-refractivity contribution is 7.85. The normalized spacial score (nSPS) is 14.4. The van der Waals surface area contributed by atoms with Gasteiger partial charge in [-0.3, -0.25) is 5.73 Å². The van der Waals surface area contributed by atoms with Crippen LogP contribution in [-0.2, 0) is 16.5 Å². The molecule has 0 fully saturated rings. The molecule has 0 saturated carbocycles. The second-order valence-corrected chi connectivity index (χ2v) is 6.29. The molecule has 20 heavy (non-hydrogen) atoms. The number of primary amides is 1. The molecule has 2 N–H and O–H groups in total. The van der Waals surface area contributed by atoms with E-state index in [0.29, 0.717) is 19.3 Å². The van der Waals surface area contributed by atoms with Gasteiger partial charge in [0.25, 0.3) is 0 Å². The van der Waals surface area contributed by atoms with Gasteiger partial charge in [0.15, 0.2) is 0 Å². The van der Waals surface area contributed by atoms with Crippen LogP contribution in [0.1, 0.15) is 24.8 Å². The van der Waals surface area contributed by atoms with Crippen molar-refractivity contribution in [2.45, 2.75) is 25.7 Å². The van der Waals surface area contributed by atoms with Gasteiger partial charge in [-0.15, -0.1) is 0 Å². The Morgan fingerprint density at radius 2 is 2.00 bits per heavy atom. The maximum absolute atomic E-state index is 11.5. The number of hydrogen-bond acceptors (Lipinski definition) is 4. The fourth-order valence-corrected chi connectivity index (χ4v) is 2.99. The molecule has 6 nitrogen and oxygen atoms in total. The van der Waals surface area contributed by atoms with Crippen molar-refractivity contribution in [3.05, 3.63) is 29.8 Å². The third kappa shape index (κ3) is 3.43. The topological polar surface area (TPSA) is 103 Å². The number of urea groups is 1. The lowest BCUT2D eigenvalue weighted by atomic mass is 10.1. The first kappa shape index (κ1) is 14.7. The van der Waals surface area contributed by atoms with Crippen molar-refractivity contribution in [2.24, 2.45) is 5.73 Å². The molecule has 0 unspecified atom stereocenters. The maximum Gasteiger partial charge on any atom is 0.494 e. The predicted molar refractivity (Wildman–Crippen MR) is 73.1 cm³/mol. The number of carbonyl (C=O) groups excluding carboxylic acids is 1. The average Bonchev–Trinajstić information content (AvgIpc) is 2.71. The molecule has 1 aliphatic rings. The molecular weight excluding hydrogens is 280 g/mol. The summed E-state index contributed by atoms with van der Waals surface area (Å²) in [6, 6.07) is 6.95. The summed E-state index contributed by atoms with van der Waals surface area (Å²) in [6.07, 6.45) is 2.00. The molecule has 0 atom stereocenters. The Kier molecular flexibility index (Phi) is 4.20. The number of nitrogens with two attached hydrogens (primary N) is 1. The molecule has 2 rings (SSSR count). The van der Waals surface area contributed by atoms with Gasteiger partial charge in [0.2, 0.25) is 0 Å². The van der Waals surface area contributed by atoms with E-state index in [1.54, 1.807) is 0 Å². The van der Waals surface area contributed by atoms with Crippen LogP contribution in [-0.4, -0.2) is 35.0 Å². The smallest absolute Gasteiger partial charge is 0.494 e. The van der Waals surface area contributed by atoms with Gasteiger partial charge in [0.1, 0.15) is 5.69 Å². The molecule has 108 valence electrons. The lowest BCUT2D eigenvalue weighted by Crippen LogP contribution is -2.26. The van der Waals surface area contributed by atoms with E-state index in [2.05, 4.69) is 0 Å². The Morgan fingerprint density at radius 3 is 2.65 bits per heavy atom. The zero-order valence-corrected chi connectivity index (χ0v) is 11.7. The third-order valence-corrected chi connectivity index (χ3v) is 4.06. The zero-order chi connectivity index (χ0) is 14.8. The van der Waals surface area contributed by atoms with Gasteiger partial charge >= 0.3 is 6.03 Å². The summed E-state index contributed by atoms with van der Waals surface area (Å²) >= 11 is 0. The number of nitrogens with zero attached hydrogens (tertiary/aromatic N) is 1. The molecule has 0 bridgehead atoms. The van der Waals surface area contributed by atoms with Crippen molar-refractivity contribution in [3.8, 4) is 0 Å². The Labute approximate surface area is 117 Å². The fraction of sp³-hybridized carbons (Fsp3) is 0.385. The molecule has 0 aromatic heterocycles. The van der Waals surface area contributed by atoms with Crippen LogP contribution in [0.15, 0.2) is 24.3 Å². The summed E-state index contributed by atoms with van der Waals surface area (Å²) in [5.41, 5.74) is 8.06. The van der Waals surface area contributed by atoms with Crippen LogP contribution in [0.4, 0.5) is 10.5 Å². The Bertz CT molecular complexity index is 665. The molecule has 1 aliphatic heterocycles. The number of fused-ring (bicyclic) bond motifs is 1. The lowest BCUT2D eigenvalue weighted by Gasteiger charge is -2.06. The molecule has 0 spiro atoms.